The fraction of sp³-hybridized carbons (Fsp3) is 0.136. The third-order valence-corrected chi connectivity index (χ3v) is 6.59. The van der Waals surface area contributed by atoms with Crippen LogP contribution in [0.5, 0.6) is 0 Å². The second-order valence-corrected chi connectivity index (χ2v) is 9.19. The van der Waals surface area contributed by atoms with E-state index in [1.54, 1.807) is 19.1 Å². The Morgan fingerprint density at radius 1 is 1.00 bits per heavy atom. The molecule has 0 heterocycles. The van der Waals surface area contributed by atoms with Crippen molar-refractivity contribution in [3.63, 3.8) is 0 Å². The first kappa shape index (κ1) is 23.2. The van der Waals surface area contributed by atoms with E-state index in [2.05, 4.69) is 15.2 Å². The van der Waals surface area contributed by atoms with Crippen LogP contribution in [0.15, 0.2) is 70.7 Å². The number of aryl methyl sites for hydroxylation is 2. The van der Waals surface area contributed by atoms with Crippen molar-refractivity contribution in [1.82, 2.24) is 0 Å². The molecular formula is C22H21ClN4O4S. The largest absolute Gasteiger partial charge is 0.278 e. The topological polar surface area (TPSA) is 114 Å². The quantitative estimate of drug-likeness (QED) is 0.267. The fourth-order valence-electron chi connectivity index (χ4n) is 2.86. The number of hydrogen-bond donors (Lipinski definition) is 2. The van der Waals surface area contributed by atoms with E-state index in [0.29, 0.717) is 5.71 Å². The second-order valence-electron chi connectivity index (χ2n) is 7.13. The van der Waals surface area contributed by atoms with Crippen LogP contribution in [0.2, 0.25) is 5.02 Å². The maximum absolute atomic E-state index is 13.1. The van der Waals surface area contributed by atoms with Crippen molar-refractivity contribution < 1.29 is 13.3 Å². The van der Waals surface area contributed by atoms with Gasteiger partial charge in [0.15, 0.2) is 0 Å². The summed E-state index contributed by atoms with van der Waals surface area (Å²) in [5, 5.41) is 15.7. The molecule has 0 aromatic heterocycles. The molecule has 0 radical (unpaired) electrons. The van der Waals surface area contributed by atoms with Crippen LogP contribution in [0.1, 0.15) is 23.6 Å². The van der Waals surface area contributed by atoms with Gasteiger partial charge in [0, 0.05) is 12.1 Å². The van der Waals surface area contributed by atoms with E-state index >= 15 is 0 Å². The number of halogens is 1. The summed E-state index contributed by atoms with van der Waals surface area (Å²) in [5.41, 5.74) is 6.32. The molecule has 0 aliphatic carbocycles. The normalized spacial score (nSPS) is 11.8. The molecule has 32 heavy (non-hydrogen) atoms. The van der Waals surface area contributed by atoms with Crippen molar-refractivity contribution in [2.45, 2.75) is 25.7 Å². The molecule has 0 aliphatic rings. The number of benzene rings is 3. The highest BCUT2D eigenvalue weighted by molar-refractivity contribution is 7.93. The van der Waals surface area contributed by atoms with Crippen LogP contribution in [0, 0.1) is 24.0 Å². The molecule has 0 atom stereocenters. The number of sulfonamides is 1. The first-order chi connectivity index (χ1) is 15.1. The summed E-state index contributed by atoms with van der Waals surface area (Å²) in [6, 6.07) is 15.6. The van der Waals surface area contributed by atoms with E-state index in [4.69, 9.17) is 11.6 Å². The van der Waals surface area contributed by atoms with Crippen molar-refractivity contribution in [3.05, 3.63) is 92.5 Å². The van der Waals surface area contributed by atoms with Gasteiger partial charge in [-0.3, -0.25) is 20.3 Å². The molecule has 3 aromatic carbocycles. The van der Waals surface area contributed by atoms with Crippen LogP contribution >= 0.6 is 11.6 Å². The summed E-state index contributed by atoms with van der Waals surface area (Å²) < 4.78 is 28.5. The molecule has 0 bridgehead atoms. The van der Waals surface area contributed by atoms with Gasteiger partial charge in [-0.15, -0.1) is 0 Å². The zero-order valence-electron chi connectivity index (χ0n) is 17.6. The average molecular weight is 473 g/mol. The Hall–Kier alpha value is -3.43. The van der Waals surface area contributed by atoms with Gasteiger partial charge in [0.05, 0.1) is 27.0 Å². The zero-order valence-corrected chi connectivity index (χ0v) is 19.2. The molecule has 166 valence electrons. The van der Waals surface area contributed by atoms with Crippen molar-refractivity contribution in [1.29, 1.82) is 0 Å². The molecule has 0 aliphatic heterocycles. The van der Waals surface area contributed by atoms with Crippen molar-refractivity contribution in [3.8, 4) is 0 Å². The van der Waals surface area contributed by atoms with Crippen LogP contribution in [0.4, 0.5) is 17.1 Å². The third-order valence-electron chi connectivity index (χ3n) is 4.85. The maximum atomic E-state index is 13.1. The number of nitrogens with one attached hydrogen (secondary N) is 2. The molecule has 8 nitrogen and oxygen atoms in total. The third kappa shape index (κ3) is 5.24. The van der Waals surface area contributed by atoms with Crippen molar-refractivity contribution >= 4 is 44.4 Å². The van der Waals surface area contributed by atoms with Crippen LogP contribution in [0.25, 0.3) is 0 Å². The molecule has 0 saturated carbocycles. The van der Waals surface area contributed by atoms with Crippen LogP contribution in [-0.4, -0.2) is 19.1 Å². The number of anilines is 2. The number of para-hydroxylation sites is 1. The molecule has 2 N–H and O–H groups in total. The van der Waals surface area contributed by atoms with Crippen molar-refractivity contribution in [2.75, 3.05) is 10.1 Å². The number of non-ortho nitro benzene ring substituents is 1. The number of nitrogens with zero attached hydrogens (tertiary/aromatic N) is 2. The van der Waals surface area contributed by atoms with Gasteiger partial charge in [0.2, 0.25) is 0 Å². The first-order valence-electron chi connectivity index (χ1n) is 9.52. The Morgan fingerprint density at radius 3 is 2.38 bits per heavy atom. The van der Waals surface area contributed by atoms with Crippen LogP contribution < -0.4 is 10.1 Å². The van der Waals surface area contributed by atoms with E-state index < -0.39 is 14.9 Å². The number of rotatable bonds is 7. The average Bonchev–Trinajstić information content (AvgIpc) is 2.75. The molecule has 0 saturated heterocycles. The lowest BCUT2D eigenvalue weighted by Crippen LogP contribution is -2.15. The highest BCUT2D eigenvalue weighted by Gasteiger charge is 2.23. The van der Waals surface area contributed by atoms with Gasteiger partial charge in [-0.1, -0.05) is 35.9 Å². The number of nitro benzene ring substituents is 1. The lowest BCUT2D eigenvalue weighted by atomic mass is 10.0. The smallest absolute Gasteiger partial charge is 0.270 e. The monoisotopic (exact) mass is 472 g/mol. The molecule has 3 aromatic rings. The predicted octanol–water partition coefficient (Wildman–Crippen LogP) is 5.50. The Balaban J connectivity index is 2.00. The standard InChI is InChI=1S/C22H21ClN4O4S/c1-14-8-9-17(12-15(14)2)16(3)24-25-21-11-10-18(27(28)29)13-22(21)32(30,31)26-20-7-5-4-6-19(20)23/h4-13,25-26H,1-3H3. The van der Waals surface area contributed by atoms with Gasteiger partial charge in [0.25, 0.3) is 15.7 Å². The highest BCUT2D eigenvalue weighted by atomic mass is 35.5. The van der Waals surface area contributed by atoms with Gasteiger partial charge in [-0.25, -0.2) is 8.42 Å². The maximum Gasteiger partial charge on any atom is 0.270 e. The van der Waals surface area contributed by atoms with Gasteiger partial charge in [-0.2, -0.15) is 5.10 Å². The summed E-state index contributed by atoms with van der Waals surface area (Å²) in [4.78, 5) is 10.2. The first-order valence-corrected chi connectivity index (χ1v) is 11.4. The highest BCUT2D eigenvalue weighted by Crippen LogP contribution is 2.30. The second kappa shape index (κ2) is 9.37. The molecule has 0 unspecified atom stereocenters. The number of hydrazone groups is 1. The number of nitro groups is 1. The molecule has 0 fully saturated rings. The van der Waals surface area contributed by atoms with Gasteiger partial charge in [-0.05, 0) is 61.7 Å². The van der Waals surface area contributed by atoms with Crippen LogP contribution in [0.3, 0.4) is 0 Å². The van der Waals surface area contributed by atoms with Gasteiger partial charge >= 0.3 is 0 Å². The summed E-state index contributed by atoms with van der Waals surface area (Å²) in [7, 11) is -4.22. The predicted molar refractivity (Wildman–Crippen MR) is 127 cm³/mol. The summed E-state index contributed by atoms with van der Waals surface area (Å²) in [5.74, 6) is 0. The zero-order chi connectivity index (χ0) is 23.5. The Morgan fingerprint density at radius 2 is 1.72 bits per heavy atom. The summed E-state index contributed by atoms with van der Waals surface area (Å²) >= 11 is 6.06. The molecule has 0 amide bonds. The lowest BCUT2D eigenvalue weighted by Gasteiger charge is -2.13. The lowest BCUT2D eigenvalue weighted by molar-refractivity contribution is -0.385. The summed E-state index contributed by atoms with van der Waals surface area (Å²) in [6.07, 6.45) is 0. The van der Waals surface area contributed by atoms with E-state index in [1.807, 2.05) is 32.0 Å². The minimum absolute atomic E-state index is 0.0818. The van der Waals surface area contributed by atoms with E-state index in [1.165, 1.54) is 24.3 Å². The van der Waals surface area contributed by atoms with E-state index in [0.717, 1.165) is 22.8 Å². The van der Waals surface area contributed by atoms with Gasteiger partial charge < -0.3 is 0 Å². The number of hydrogen-bond acceptors (Lipinski definition) is 6. The Kier molecular flexibility index (Phi) is 6.81. The van der Waals surface area contributed by atoms with Crippen molar-refractivity contribution in [2.24, 2.45) is 5.10 Å². The minimum atomic E-state index is -4.22. The Labute approximate surface area is 191 Å². The molecular weight excluding hydrogens is 452 g/mol. The molecule has 10 heteroatoms. The van der Waals surface area contributed by atoms with Crippen LogP contribution in [-0.2, 0) is 10.0 Å². The van der Waals surface area contributed by atoms with E-state index in [-0.39, 0.29) is 27.0 Å². The SMILES string of the molecule is CC(=NNc1ccc([N+](=O)[O-])cc1S(=O)(=O)Nc1ccccc1Cl)c1ccc(C)c(C)c1. The van der Waals surface area contributed by atoms with Gasteiger partial charge in [0.1, 0.15) is 4.90 Å². The Bertz CT molecular complexity index is 1320. The fourth-order valence-corrected chi connectivity index (χ4v) is 4.35. The summed E-state index contributed by atoms with van der Waals surface area (Å²) in [6.45, 7) is 5.77. The minimum Gasteiger partial charge on any atom is -0.278 e. The molecule has 0 spiro atoms. The molecule has 3 rings (SSSR count). The van der Waals surface area contributed by atoms with E-state index in [9.17, 15) is 18.5 Å².